The fraction of sp³-hybridized carbons (Fsp3) is 0.500. The topological polar surface area (TPSA) is 68.1 Å². The standard InChI is InChI=1S/C18H22N2O4/c1-3-24-18(23)13-5-4-8-19(10-13)11-20-15-7-6-12(2)9-14(15)16(21)17(20)22/h6-7,9,13H,3-5,8,10-11H2,1-2H3/p+1/t13-/m1/s1. The molecule has 1 amide bonds. The third-order valence-electron chi connectivity index (χ3n) is 4.75. The van der Waals surface area contributed by atoms with Crippen LogP contribution in [0.2, 0.25) is 0 Å². The van der Waals surface area contributed by atoms with Gasteiger partial charge in [-0.1, -0.05) is 11.6 Å². The van der Waals surface area contributed by atoms with E-state index in [0.29, 0.717) is 31.1 Å². The van der Waals surface area contributed by atoms with Crippen LogP contribution in [0.3, 0.4) is 0 Å². The lowest BCUT2D eigenvalue weighted by molar-refractivity contribution is -0.906. The Balaban J connectivity index is 1.73. The molecule has 0 spiro atoms. The first kappa shape index (κ1) is 16.6. The number of fused-ring (bicyclic) bond motifs is 1. The zero-order valence-electron chi connectivity index (χ0n) is 14.1. The second kappa shape index (κ2) is 6.73. The lowest BCUT2D eigenvalue weighted by Crippen LogP contribution is -3.15. The van der Waals surface area contributed by atoms with Crippen molar-refractivity contribution in [2.45, 2.75) is 26.7 Å². The molecule has 0 aliphatic carbocycles. The lowest BCUT2D eigenvalue weighted by Gasteiger charge is -2.31. The van der Waals surface area contributed by atoms with E-state index >= 15 is 0 Å². The number of esters is 1. The number of ether oxygens (including phenoxy) is 1. The number of piperidine rings is 1. The maximum absolute atomic E-state index is 12.3. The molecule has 1 N–H and O–H groups in total. The summed E-state index contributed by atoms with van der Waals surface area (Å²) in [6.45, 7) is 6.03. The number of nitrogens with zero attached hydrogens (tertiary/aromatic N) is 1. The van der Waals surface area contributed by atoms with Gasteiger partial charge in [-0.15, -0.1) is 0 Å². The number of hydrogen-bond acceptors (Lipinski definition) is 4. The molecule has 1 unspecified atom stereocenters. The molecule has 1 aromatic rings. The van der Waals surface area contributed by atoms with Gasteiger partial charge in [0.2, 0.25) is 0 Å². The fourth-order valence-electron chi connectivity index (χ4n) is 3.55. The van der Waals surface area contributed by atoms with Gasteiger partial charge in [0.15, 0.2) is 6.67 Å². The SMILES string of the molecule is CCOC(=O)[C@@H]1CCC[NH+](CN2C(=O)C(=O)c3cc(C)ccc32)C1. The quantitative estimate of drug-likeness (QED) is 0.638. The van der Waals surface area contributed by atoms with Crippen LogP contribution in [0.4, 0.5) is 5.69 Å². The first-order valence-electron chi connectivity index (χ1n) is 8.48. The van der Waals surface area contributed by atoms with Gasteiger partial charge in [0.1, 0.15) is 5.92 Å². The number of rotatable bonds is 4. The van der Waals surface area contributed by atoms with Gasteiger partial charge in [-0.25, -0.2) is 0 Å². The van der Waals surface area contributed by atoms with Crippen LogP contribution in [0.1, 0.15) is 35.7 Å². The molecule has 6 heteroatoms. The van der Waals surface area contributed by atoms with Gasteiger partial charge in [0.05, 0.1) is 30.9 Å². The highest BCUT2D eigenvalue weighted by Gasteiger charge is 2.39. The summed E-state index contributed by atoms with van der Waals surface area (Å²) in [6, 6.07) is 5.51. The minimum Gasteiger partial charge on any atom is -0.466 e. The summed E-state index contributed by atoms with van der Waals surface area (Å²) in [4.78, 5) is 39.2. The number of nitrogens with one attached hydrogen (secondary N) is 1. The molecule has 0 aromatic heterocycles. The number of carbonyl (C=O) groups is 3. The number of likely N-dealkylation sites (tertiary alicyclic amines) is 1. The Morgan fingerprint density at radius 3 is 2.92 bits per heavy atom. The summed E-state index contributed by atoms with van der Waals surface area (Å²) >= 11 is 0. The number of anilines is 1. The van der Waals surface area contributed by atoms with E-state index in [-0.39, 0.29) is 11.9 Å². The average molecular weight is 331 g/mol. The minimum atomic E-state index is -0.471. The number of quaternary nitrogens is 1. The summed E-state index contributed by atoms with van der Waals surface area (Å²) in [5.41, 5.74) is 2.13. The maximum Gasteiger partial charge on any atom is 0.314 e. The monoisotopic (exact) mass is 331 g/mol. The smallest absolute Gasteiger partial charge is 0.314 e. The molecule has 3 rings (SSSR count). The third kappa shape index (κ3) is 3.06. The first-order valence-corrected chi connectivity index (χ1v) is 8.48. The summed E-state index contributed by atoms with van der Waals surface area (Å²) in [6.07, 6.45) is 1.74. The van der Waals surface area contributed by atoms with E-state index in [0.717, 1.165) is 29.8 Å². The van der Waals surface area contributed by atoms with E-state index in [1.165, 1.54) is 0 Å². The van der Waals surface area contributed by atoms with E-state index in [2.05, 4.69) is 0 Å². The number of aryl methyl sites for hydroxylation is 1. The predicted octanol–water partition coefficient (Wildman–Crippen LogP) is 0.340. The fourth-order valence-corrected chi connectivity index (χ4v) is 3.55. The van der Waals surface area contributed by atoms with E-state index in [4.69, 9.17) is 4.74 Å². The Hall–Kier alpha value is -2.21. The van der Waals surface area contributed by atoms with Crippen molar-refractivity contribution in [3.63, 3.8) is 0 Å². The predicted molar refractivity (Wildman–Crippen MR) is 87.9 cm³/mol. The number of carbonyl (C=O) groups excluding carboxylic acids is 3. The number of ketones is 1. The molecule has 6 nitrogen and oxygen atoms in total. The van der Waals surface area contributed by atoms with Crippen LogP contribution in [0.15, 0.2) is 18.2 Å². The zero-order chi connectivity index (χ0) is 17.3. The highest BCUT2D eigenvalue weighted by molar-refractivity contribution is 6.52. The molecule has 2 heterocycles. The first-order chi connectivity index (χ1) is 11.5. The second-order valence-corrected chi connectivity index (χ2v) is 6.54. The van der Waals surface area contributed by atoms with E-state index in [1.807, 2.05) is 19.1 Å². The van der Waals surface area contributed by atoms with Gasteiger partial charge < -0.3 is 9.64 Å². The highest BCUT2D eigenvalue weighted by Crippen LogP contribution is 2.28. The van der Waals surface area contributed by atoms with Gasteiger partial charge in [-0.2, -0.15) is 0 Å². The van der Waals surface area contributed by atoms with Gasteiger partial charge in [0, 0.05) is 0 Å². The molecule has 128 valence electrons. The largest absolute Gasteiger partial charge is 0.466 e. The van der Waals surface area contributed by atoms with Gasteiger partial charge >= 0.3 is 11.9 Å². The molecule has 2 aliphatic rings. The van der Waals surface area contributed by atoms with Crippen molar-refractivity contribution >= 4 is 23.3 Å². The molecule has 1 saturated heterocycles. The van der Waals surface area contributed by atoms with E-state index in [1.54, 1.807) is 17.9 Å². The Morgan fingerprint density at radius 2 is 2.17 bits per heavy atom. The molecule has 0 saturated carbocycles. The molecule has 2 atom stereocenters. The molecule has 1 fully saturated rings. The Labute approximate surface area is 141 Å². The number of amides is 1. The summed E-state index contributed by atoms with van der Waals surface area (Å²) < 4.78 is 5.12. The number of benzene rings is 1. The van der Waals surface area contributed by atoms with Crippen molar-refractivity contribution in [2.75, 3.05) is 31.3 Å². The molecule has 0 bridgehead atoms. The molecule has 1 aromatic carbocycles. The van der Waals surface area contributed by atoms with E-state index < -0.39 is 11.7 Å². The Bertz CT molecular complexity index is 686. The van der Waals surface area contributed by atoms with Crippen molar-refractivity contribution in [3.05, 3.63) is 29.3 Å². The summed E-state index contributed by atoms with van der Waals surface area (Å²) in [7, 11) is 0. The molecule has 2 aliphatic heterocycles. The van der Waals surface area contributed by atoms with Crippen LogP contribution >= 0.6 is 0 Å². The van der Waals surface area contributed by atoms with E-state index in [9.17, 15) is 14.4 Å². The maximum atomic E-state index is 12.3. The van der Waals surface area contributed by atoms with Crippen LogP contribution in [0.5, 0.6) is 0 Å². The third-order valence-corrected chi connectivity index (χ3v) is 4.75. The van der Waals surface area contributed by atoms with Gasteiger partial charge in [-0.3, -0.25) is 19.3 Å². The molecule has 24 heavy (non-hydrogen) atoms. The Kier molecular flexibility index (Phi) is 4.66. The zero-order valence-corrected chi connectivity index (χ0v) is 14.1. The molecular formula is C18H23N2O4+. The van der Waals surface area contributed by atoms with Crippen molar-refractivity contribution in [1.82, 2.24) is 0 Å². The van der Waals surface area contributed by atoms with Crippen LogP contribution in [-0.4, -0.2) is 44.0 Å². The number of Topliss-reactive ketones (excluding diaryl/α,β-unsaturated/α-hetero) is 1. The van der Waals surface area contributed by atoms with Crippen LogP contribution < -0.4 is 9.80 Å². The van der Waals surface area contributed by atoms with Crippen molar-refractivity contribution in [1.29, 1.82) is 0 Å². The second-order valence-electron chi connectivity index (χ2n) is 6.54. The Morgan fingerprint density at radius 1 is 1.38 bits per heavy atom. The molecular weight excluding hydrogens is 308 g/mol. The van der Waals surface area contributed by atoms with Gasteiger partial charge in [-0.05, 0) is 38.8 Å². The average Bonchev–Trinajstić information content (AvgIpc) is 2.80. The lowest BCUT2D eigenvalue weighted by atomic mass is 9.98. The summed E-state index contributed by atoms with van der Waals surface area (Å²) in [5.74, 6) is -1.19. The molecule has 0 radical (unpaired) electrons. The van der Waals surface area contributed by atoms with Crippen molar-refractivity contribution < 1.29 is 24.0 Å². The van der Waals surface area contributed by atoms with Crippen molar-refractivity contribution in [2.24, 2.45) is 5.92 Å². The van der Waals surface area contributed by atoms with Crippen LogP contribution in [0.25, 0.3) is 0 Å². The summed E-state index contributed by atoms with van der Waals surface area (Å²) in [5, 5.41) is 0. The minimum absolute atomic E-state index is 0.125. The number of hydrogen-bond donors (Lipinski definition) is 1. The van der Waals surface area contributed by atoms with Crippen LogP contribution in [0, 0.1) is 12.8 Å². The normalized spacial score (nSPS) is 23.3. The van der Waals surface area contributed by atoms with Crippen LogP contribution in [-0.2, 0) is 14.3 Å². The van der Waals surface area contributed by atoms with Gasteiger partial charge in [0.25, 0.3) is 5.78 Å². The highest BCUT2D eigenvalue weighted by atomic mass is 16.5. The van der Waals surface area contributed by atoms with Crippen molar-refractivity contribution in [3.8, 4) is 0 Å².